The number of carbonyl (C=O) groups excluding carboxylic acids is 1. The average Bonchev–Trinajstić information content (AvgIpc) is 3.38. The lowest BCUT2D eigenvalue weighted by molar-refractivity contribution is -0.883. The quantitative estimate of drug-likeness (QED) is 0.739. The van der Waals surface area contributed by atoms with Crippen molar-refractivity contribution in [2.45, 2.75) is 24.7 Å². The highest BCUT2D eigenvalue weighted by atomic mass is 19.4. The maximum Gasteiger partial charge on any atom is 0.410 e. The zero-order valence-corrected chi connectivity index (χ0v) is 16.9. The molecule has 1 aromatic heterocycles. The van der Waals surface area contributed by atoms with Crippen LogP contribution in [0.4, 0.5) is 19.0 Å². The highest BCUT2D eigenvalue weighted by Crippen LogP contribution is 2.45. The average molecular weight is 438 g/mol. The summed E-state index contributed by atoms with van der Waals surface area (Å²) in [6.45, 7) is 2.81. The van der Waals surface area contributed by atoms with Crippen molar-refractivity contribution in [2.24, 2.45) is 0 Å². The highest BCUT2D eigenvalue weighted by Gasteiger charge is 2.47. The molecule has 11 heteroatoms. The van der Waals surface area contributed by atoms with Crippen molar-refractivity contribution in [2.75, 3.05) is 45.3 Å². The van der Waals surface area contributed by atoms with Crippen LogP contribution >= 0.6 is 0 Å². The molecule has 0 saturated carbocycles. The molecule has 0 bridgehead atoms. The number of nitrogens with one attached hydrogen (secondary N) is 2. The van der Waals surface area contributed by atoms with Crippen LogP contribution in [0.2, 0.25) is 0 Å². The van der Waals surface area contributed by atoms with E-state index in [1.54, 1.807) is 23.1 Å². The van der Waals surface area contributed by atoms with Gasteiger partial charge in [-0.2, -0.15) is 18.3 Å². The zero-order valence-electron chi connectivity index (χ0n) is 16.9. The van der Waals surface area contributed by atoms with E-state index in [0.717, 1.165) is 17.8 Å². The Labute approximate surface area is 176 Å². The number of hydrogen-bond acceptors (Lipinski definition) is 5. The fourth-order valence-electron chi connectivity index (χ4n) is 4.28. The van der Waals surface area contributed by atoms with Gasteiger partial charge in [-0.3, -0.25) is 4.79 Å². The second-order valence-corrected chi connectivity index (χ2v) is 8.21. The molecule has 2 N–H and O–H groups in total. The first-order chi connectivity index (χ1) is 14.8. The maximum atomic E-state index is 13.9. The van der Waals surface area contributed by atoms with Gasteiger partial charge < -0.3 is 24.6 Å². The molecule has 0 radical (unpaired) electrons. The lowest BCUT2D eigenvalue weighted by Crippen LogP contribution is -3.12. The molecular formula is C20H23F3N5O3+. The van der Waals surface area contributed by atoms with Crippen molar-refractivity contribution in [3.63, 3.8) is 0 Å². The topological polar surface area (TPSA) is 73.1 Å². The Morgan fingerprint density at radius 1 is 1.19 bits per heavy atom. The first kappa shape index (κ1) is 20.0. The number of carbonyl (C=O) groups is 1. The van der Waals surface area contributed by atoms with Crippen LogP contribution in [-0.4, -0.2) is 66.8 Å². The number of amides is 1. The zero-order chi connectivity index (χ0) is 21.8. The molecule has 2 atom stereocenters. The Balaban J connectivity index is 1.44. The van der Waals surface area contributed by atoms with Crippen LogP contribution < -0.4 is 19.7 Å². The molecule has 1 aromatic carbocycles. The number of hydrogen-bond donors (Lipinski definition) is 2. The first-order valence-electron chi connectivity index (χ1n) is 10.2. The third-order valence-electron chi connectivity index (χ3n) is 6.11. The van der Waals surface area contributed by atoms with Crippen LogP contribution in [0.1, 0.15) is 34.6 Å². The second-order valence-electron chi connectivity index (χ2n) is 8.21. The van der Waals surface area contributed by atoms with Gasteiger partial charge in [0.25, 0.3) is 5.91 Å². The van der Waals surface area contributed by atoms with Gasteiger partial charge >= 0.3 is 6.18 Å². The number of anilines is 1. The smallest absolute Gasteiger partial charge is 0.410 e. The maximum absolute atomic E-state index is 13.9. The van der Waals surface area contributed by atoms with Crippen LogP contribution in [0.5, 0.6) is 11.5 Å². The van der Waals surface area contributed by atoms with Crippen molar-refractivity contribution in [3.8, 4) is 11.5 Å². The van der Waals surface area contributed by atoms with Crippen LogP contribution in [0, 0.1) is 0 Å². The Morgan fingerprint density at radius 2 is 1.94 bits per heavy atom. The van der Waals surface area contributed by atoms with Gasteiger partial charge in [-0.1, -0.05) is 6.07 Å². The standard InChI is InChI=1S/C20H22F3N5O3/c1-26-4-6-27(7-5-26)19(29)14-10-18-24-13(9-17(20(21,22)23)28(18)25-14)12-2-3-15-16(8-12)31-11-30-15/h2-3,8,10,13,17,24H,4-7,9,11H2,1H3/p+1/t13-,17+/m1/s1. The van der Waals surface area contributed by atoms with Crippen molar-refractivity contribution >= 4 is 11.7 Å². The number of halogens is 3. The largest absolute Gasteiger partial charge is 0.454 e. The number of aromatic nitrogens is 2. The molecule has 166 valence electrons. The van der Waals surface area contributed by atoms with Gasteiger partial charge in [-0.05, 0) is 17.7 Å². The normalized spacial score (nSPS) is 23.4. The van der Waals surface area contributed by atoms with E-state index >= 15 is 0 Å². The number of ether oxygens (including phenoxy) is 2. The molecule has 0 unspecified atom stereocenters. The SMILES string of the molecule is C[NH+]1CCN(C(=O)c2cc3n(n2)[C@H](C(F)(F)F)C[C@H](c2ccc4c(c2)OCO4)N3)CC1. The number of rotatable bonds is 2. The van der Waals surface area contributed by atoms with Gasteiger partial charge in [0, 0.05) is 12.5 Å². The molecule has 0 aliphatic carbocycles. The lowest BCUT2D eigenvalue weighted by Gasteiger charge is -2.33. The van der Waals surface area contributed by atoms with Gasteiger partial charge in [0.15, 0.2) is 23.2 Å². The van der Waals surface area contributed by atoms with Gasteiger partial charge in [0.2, 0.25) is 6.79 Å². The summed E-state index contributed by atoms with van der Waals surface area (Å²) in [5.74, 6) is 0.921. The molecule has 1 fully saturated rings. The van der Waals surface area contributed by atoms with E-state index in [-0.39, 0.29) is 30.6 Å². The van der Waals surface area contributed by atoms with E-state index in [1.807, 2.05) is 7.05 Å². The van der Waals surface area contributed by atoms with E-state index in [9.17, 15) is 18.0 Å². The fraction of sp³-hybridized carbons (Fsp3) is 0.500. The molecule has 0 spiro atoms. The highest BCUT2D eigenvalue weighted by molar-refractivity contribution is 5.93. The van der Waals surface area contributed by atoms with E-state index in [0.29, 0.717) is 30.2 Å². The fourth-order valence-corrected chi connectivity index (χ4v) is 4.28. The van der Waals surface area contributed by atoms with E-state index < -0.39 is 18.3 Å². The Bertz CT molecular complexity index is 1000. The summed E-state index contributed by atoms with van der Waals surface area (Å²) >= 11 is 0. The number of piperazine rings is 1. The number of quaternary nitrogens is 1. The molecule has 3 aliphatic heterocycles. The minimum Gasteiger partial charge on any atom is -0.454 e. The van der Waals surface area contributed by atoms with Gasteiger partial charge in [-0.15, -0.1) is 0 Å². The Hall–Kier alpha value is -2.95. The number of likely N-dealkylation sites (N-methyl/N-ethyl adjacent to an activating group) is 1. The van der Waals surface area contributed by atoms with Gasteiger partial charge in [-0.25, -0.2) is 4.68 Å². The summed E-state index contributed by atoms with van der Waals surface area (Å²) in [5, 5.41) is 7.19. The van der Waals surface area contributed by atoms with E-state index in [1.165, 1.54) is 11.0 Å². The van der Waals surface area contributed by atoms with Crippen molar-refractivity contribution in [1.29, 1.82) is 0 Å². The van der Waals surface area contributed by atoms with Crippen molar-refractivity contribution in [3.05, 3.63) is 35.5 Å². The third kappa shape index (κ3) is 3.67. The predicted octanol–water partition coefficient (Wildman–Crippen LogP) is 1.24. The monoisotopic (exact) mass is 438 g/mol. The van der Waals surface area contributed by atoms with Crippen molar-refractivity contribution in [1.82, 2.24) is 14.7 Å². The van der Waals surface area contributed by atoms with E-state index in [4.69, 9.17) is 9.47 Å². The summed E-state index contributed by atoms with van der Waals surface area (Å²) < 4.78 is 53.3. The van der Waals surface area contributed by atoms with Gasteiger partial charge in [0.05, 0.1) is 39.3 Å². The Kier molecular flexibility index (Phi) is 4.72. The number of fused-ring (bicyclic) bond motifs is 2. The molecule has 2 aromatic rings. The van der Waals surface area contributed by atoms with Crippen LogP contribution in [0.25, 0.3) is 0 Å². The number of nitrogens with zero attached hydrogens (tertiary/aromatic N) is 3. The number of alkyl halides is 3. The molecule has 31 heavy (non-hydrogen) atoms. The molecule has 4 heterocycles. The molecule has 5 rings (SSSR count). The number of benzene rings is 1. The Morgan fingerprint density at radius 3 is 2.68 bits per heavy atom. The van der Waals surface area contributed by atoms with Crippen LogP contribution in [0.15, 0.2) is 24.3 Å². The minimum atomic E-state index is -4.50. The molecular weight excluding hydrogens is 415 g/mol. The summed E-state index contributed by atoms with van der Waals surface area (Å²) in [4.78, 5) is 15.8. The molecule has 3 aliphatic rings. The second kappa shape index (κ2) is 7.33. The summed E-state index contributed by atoms with van der Waals surface area (Å²) in [5.41, 5.74) is 0.684. The van der Waals surface area contributed by atoms with Crippen LogP contribution in [0.3, 0.4) is 0 Å². The lowest BCUT2D eigenvalue weighted by atomic mass is 9.96. The molecule has 1 amide bonds. The molecule has 8 nitrogen and oxygen atoms in total. The third-order valence-corrected chi connectivity index (χ3v) is 6.11. The van der Waals surface area contributed by atoms with Gasteiger partial charge in [0.1, 0.15) is 5.82 Å². The predicted molar refractivity (Wildman–Crippen MR) is 103 cm³/mol. The summed E-state index contributed by atoms with van der Waals surface area (Å²) in [7, 11) is 2.05. The molecule has 1 saturated heterocycles. The minimum absolute atomic E-state index is 0.0302. The first-order valence-corrected chi connectivity index (χ1v) is 10.2. The van der Waals surface area contributed by atoms with E-state index in [2.05, 4.69) is 10.4 Å². The van der Waals surface area contributed by atoms with Crippen molar-refractivity contribution < 1.29 is 32.3 Å². The summed E-state index contributed by atoms with van der Waals surface area (Å²) in [6, 6.07) is 4.09. The van der Waals surface area contributed by atoms with Crippen LogP contribution in [-0.2, 0) is 0 Å². The summed E-state index contributed by atoms with van der Waals surface area (Å²) in [6.07, 6.45) is -4.75.